The van der Waals surface area contributed by atoms with Crippen LogP contribution in [0.15, 0.2) is 0 Å². The summed E-state index contributed by atoms with van der Waals surface area (Å²) in [5.74, 6) is 0. The Hall–Kier alpha value is 0.480. The van der Waals surface area contributed by atoms with Gasteiger partial charge >= 0.3 is 0 Å². The predicted octanol–water partition coefficient (Wildman–Crippen LogP) is -1.52. The third kappa shape index (κ3) is 10.7. The maximum absolute atomic E-state index is 10.7. The van der Waals surface area contributed by atoms with Gasteiger partial charge in [-0.25, -0.2) is 0 Å². The fraction of sp³-hybridized carbons (Fsp3) is 1.00. The van der Waals surface area contributed by atoms with Crippen LogP contribution in [-0.4, -0.2) is 11.7 Å². The van der Waals surface area contributed by atoms with Crippen LogP contribution in [0, 0.1) is 0 Å². The Morgan fingerprint density at radius 3 is 1.43 bits per heavy atom. The monoisotopic (exact) mass is 227 g/mol. The average Bonchev–Trinajstić information content (AvgIpc) is 1.35. The Morgan fingerprint density at radius 1 is 1.29 bits per heavy atom. The first-order valence-electron chi connectivity index (χ1n) is 1.53. The van der Waals surface area contributed by atoms with Gasteiger partial charge in [-0.3, -0.25) is 0 Å². The van der Waals surface area contributed by atoms with Gasteiger partial charge in [-0.1, -0.05) is 0 Å². The number of halogens is 4. The highest BCUT2D eigenvalue weighted by atomic mass is 127. The van der Waals surface area contributed by atoms with Crippen LogP contribution >= 0.6 is 0 Å². The quantitative estimate of drug-likeness (QED) is 0.377. The minimum Gasteiger partial charge on any atom is -1.00 e. The Labute approximate surface area is 56.5 Å². The summed E-state index contributed by atoms with van der Waals surface area (Å²) in [6.45, 7) is 0.264. The molecule has 0 aliphatic rings. The van der Waals surface area contributed by atoms with Crippen molar-refractivity contribution in [3.8, 4) is 0 Å². The van der Waals surface area contributed by atoms with Gasteiger partial charge in [0.15, 0.2) is 6.54 Å². The number of quaternary nitrogens is 1. The molecule has 0 saturated heterocycles. The van der Waals surface area contributed by atoms with E-state index in [2.05, 4.69) is 0 Å². The molecule has 0 fully saturated rings. The van der Waals surface area contributed by atoms with Crippen LogP contribution in [0.3, 0.4) is 0 Å². The minimum absolute atomic E-state index is 0. The molecular formula is C2H5F3IN. The molecule has 0 radical (unpaired) electrons. The Balaban J connectivity index is 0. The first kappa shape index (κ1) is 10.5. The molecule has 0 bridgehead atoms. The lowest BCUT2D eigenvalue weighted by Crippen LogP contribution is -3.00. The standard InChI is InChI=1S/C2H5F3N.HI/c1-2-6(3,4)5;/h2H2,1H3;1H/q+1;/p-1. The highest BCUT2D eigenvalue weighted by Gasteiger charge is 2.25. The second-order valence-corrected chi connectivity index (χ2v) is 0.866. The normalized spacial score (nSPS) is 10.3. The van der Waals surface area contributed by atoms with Crippen LogP contribution in [0.25, 0.3) is 0 Å². The van der Waals surface area contributed by atoms with Crippen molar-refractivity contribution in [2.45, 2.75) is 6.92 Å². The van der Waals surface area contributed by atoms with E-state index in [1.807, 2.05) is 0 Å². The van der Waals surface area contributed by atoms with Crippen molar-refractivity contribution in [1.82, 2.24) is 0 Å². The summed E-state index contributed by atoms with van der Waals surface area (Å²) < 4.78 is 32.2. The van der Waals surface area contributed by atoms with Gasteiger partial charge in [0.05, 0.1) is 13.4 Å². The fourth-order valence-corrected chi connectivity index (χ4v) is 0. The van der Waals surface area contributed by atoms with Gasteiger partial charge in [0.1, 0.15) is 0 Å². The summed E-state index contributed by atoms with van der Waals surface area (Å²) in [6.07, 6.45) is 0. The second kappa shape index (κ2) is 3.48. The van der Waals surface area contributed by atoms with E-state index >= 15 is 0 Å². The van der Waals surface area contributed by atoms with Gasteiger partial charge in [-0.15, -0.1) is 0 Å². The first-order valence-corrected chi connectivity index (χ1v) is 1.53. The zero-order chi connectivity index (χ0) is 5.21. The zero-order valence-electron chi connectivity index (χ0n) is 3.67. The summed E-state index contributed by atoms with van der Waals surface area (Å²) in [4.78, 5) is 0. The highest BCUT2D eigenvalue weighted by Crippen LogP contribution is 2.06. The van der Waals surface area contributed by atoms with E-state index in [1.54, 1.807) is 0 Å². The van der Waals surface area contributed by atoms with E-state index in [9.17, 15) is 13.4 Å². The number of rotatable bonds is 1. The average molecular weight is 227 g/mol. The molecule has 46 valence electrons. The van der Waals surface area contributed by atoms with Gasteiger partial charge in [0, 0.05) is 0 Å². The van der Waals surface area contributed by atoms with Gasteiger partial charge in [-0.2, -0.15) is 0 Å². The molecule has 0 atom stereocenters. The summed E-state index contributed by atoms with van der Waals surface area (Å²) in [6, 6.07) is 0. The Bertz CT molecular complexity index is 42.7. The van der Waals surface area contributed by atoms with E-state index in [0.29, 0.717) is 0 Å². The smallest absolute Gasteiger partial charge is 0.244 e. The second-order valence-electron chi connectivity index (χ2n) is 0.866. The molecule has 0 aliphatic heterocycles. The summed E-state index contributed by atoms with van der Waals surface area (Å²) in [5, 5.41) is -3.43. The van der Waals surface area contributed by atoms with E-state index in [1.165, 1.54) is 0 Å². The molecule has 0 aromatic heterocycles. The largest absolute Gasteiger partial charge is 1.00 e. The van der Waals surface area contributed by atoms with Crippen LogP contribution in [0.1, 0.15) is 6.92 Å². The summed E-state index contributed by atoms with van der Waals surface area (Å²) >= 11 is 0. The number of hydrogen-bond acceptors (Lipinski definition) is 0. The fourth-order valence-electron chi connectivity index (χ4n) is 0. The molecule has 0 saturated carbocycles. The summed E-state index contributed by atoms with van der Waals surface area (Å²) in [5.41, 5.74) is 0. The molecule has 0 aliphatic carbocycles. The van der Waals surface area contributed by atoms with E-state index in [-0.39, 0.29) is 24.0 Å². The third-order valence-electron chi connectivity index (χ3n) is 0.359. The molecule has 0 amide bonds. The topological polar surface area (TPSA) is 0 Å². The highest BCUT2D eigenvalue weighted by molar-refractivity contribution is 3.88. The van der Waals surface area contributed by atoms with Gasteiger partial charge in [-0.05, 0) is 6.92 Å². The molecule has 7 heavy (non-hydrogen) atoms. The lowest BCUT2D eigenvalue weighted by atomic mass is 10.8. The molecular weight excluding hydrogens is 222 g/mol. The molecule has 0 aromatic rings. The lowest BCUT2D eigenvalue weighted by Gasteiger charge is -1.90. The van der Waals surface area contributed by atoms with Crippen LogP contribution in [0.5, 0.6) is 0 Å². The SMILES string of the molecule is CC[N+](F)(F)F.[I-]. The molecule has 5 heteroatoms. The van der Waals surface area contributed by atoms with E-state index in [4.69, 9.17) is 0 Å². The van der Waals surface area contributed by atoms with Crippen molar-refractivity contribution in [3.63, 3.8) is 0 Å². The van der Waals surface area contributed by atoms with Crippen LogP contribution in [0.4, 0.5) is 13.4 Å². The molecule has 0 aromatic carbocycles. The lowest BCUT2D eigenvalue weighted by molar-refractivity contribution is -1.27. The Morgan fingerprint density at radius 2 is 1.43 bits per heavy atom. The summed E-state index contributed by atoms with van der Waals surface area (Å²) in [7, 11) is 0. The van der Waals surface area contributed by atoms with Crippen LogP contribution in [-0.2, 0) is 0 Å². The zero-order valence-corrected chi connectivity index (χ0v) is 5.82. The van der Waals surface area contributed by atoms with Crippen molar-refractivity contribution in [3.05, 3.63) is 0 Å². The maximum atomic E-state index is 10.7. The third-order valence-corrected chi connectivity index (χ3v) is 0.359. The molecule has 0 heterocycles. The Kier molecular flexibility index (Phi) is 5.20. The number of nitrogens with zero attached hydrogens (tertiary/aromatic N) is 1. The van der Waals surface area contributed by atoms with Crippen molar-refractivity contribution in [2.24, 2.45) is 0 Å². The molecule has 0 unspecified atom stereocenters. The molecule has 0 N–H and O–H groups in total. The van der Waals surface area contributed by atoms with Crippen molar-refractivity contribution in [2.75, 3.05) is 6.54 Å². The molecule has 0 spiro atoms. The van der Waals surface area contributed by atoms with Gasteiger partial charge in [0.25, 0.3) is 0 Å². The molecule has 1 nitrogen and oxygen atoms in total. The van der Waals surface area contributed by atoms with Crippen LogP contribution < -0.4 is 24.0 Å². The predicted molar refractivity (Wildman–Crippen MR) is 14.1 cm³/mol. The minimum atomic E-state index is -3.43. The van der Waals surface area contributed by atoms with Gasteiger partial charge in [0.2, 0.25) is 5.15 Å². The van der Waals surface area contributed by atoms with E-state index < -0.39 is 11.7 Å². The van der Waals surface area contributed by atoms with E-state index in [0.717, 1.165) is 6.92 Å². The number of hydrogen-bond donors (Lipinski definition) is 0. The first-order chi connectivity index (χ1) is 2.56. The molecule has 0 rings (SSSR count). The van der Waals surface area contributed by atoms with Crippen molar-refractivity contribution in [1.29, 1.82) is 0 Å². The van der Waals surface area contributed by atoms with Gasteiger partial charge < -0.3 is 24.0 Å². The van der Waals surface area contributed by atoms with Crippen LogP contribution in [0.2, 0.25) is 0 Å². The van der Waals surface area contributed by atoms with Crippen molar-refractivity contribution < 1.29 is 42.6 Å². The van der Waals surface area contributed by atoms with Crippen molar-refractivity contribution >= 4 is 0 Å². The maximum Gasteiger partial charge on any atom is 0.244 e.